The lowest BCUT2D eigenvalue weighted by molar-refractivity contribution is -0.111. The van der Waals surface area contributed by atoms with Crippen LogP contribution < -0.4 is 10.1 Å². The molecular weight excluding hydrogens is 373 g/mol. The number of nitrogens with one attached hydrogen (secondary N) is 2. The van der Waals surface area contributed by atoms with Gasteiger partial charge in [-0.15, -0.1) is 0 Å². The predicted molar refractivity (Wildman–Crippen MR) is 108 cm³/mol. The van der Waals surface area contributed by atoms with Gasteiger partial charge >= 0.3 is 0 Å². The predicted octanol–water partition coefficient (Wildman–Crippen LogP) is 3.96. The minimum Gasteiger partial charge on any atom is -0.481 e. The number of halogens is 1. The molecule has 29 heavy (non-hydrogen) atoms. The topological polar surface area (TPSA) is 92.8 Å². The Morgan fingerprint density at radius 1 is 1.17 bits per heavy atom. The molecule has 7 nitrogen and oxygen atoms in total. The number of carbonyl (C=O) groups excluding carboxylic acids is 1. The van der Waals surface area contributed by atoms with Crippen molar-refractivity contribution in [1.29, 1.82) is 0 Å². The van der Waals surface area contributed by atoms with Crippen molar-refractivity contribution >= 4 is 22.8 Å². The van der Waals surface area contributed by atoms with Gasteiger partial charge in [0, 0.05) is 46.7 Å². The summed E-state index contributed by atoms with van der Waals surface area (Å²) in [6, 6.07) is 8.39. The van der Waals surface area contributed by atoms with Gasteiger partial charge in [-0.3, -0.25) is 4.79 Å². The molecule has 0 atom stereocenters. The number of nitrogens with zero attached hydrogens (tertiary/aromatic N) is 3. The van der Waals surface area contributed by atoms with Crippen molar-refractivity contribution in [2.45, 2.75) is 0 Å². The van der Waals surface area contributed by atoms with Gasteiger partial charge < -0.3 is 15.0 Å². The van der Waals surface area contributed by atoms with Crippen molar-refractivity contribution in [3.63, 3.8) is 0 Å². The third-order valence-electron chi connectivity index (χ3n) is 4.35. The number of aromatic amines is 1. The van der Waals surface area contributed by atoms with Crippen molar-refractivity contribution in [2.24, 2.45) is 0 Å². The molecule has 4 aromatic rings. The van der Waals surface area contributed by atoms with Crippen LogP contribution in [0.5, 0.6) is 5.88 Å². The standard InChI is InChI=1S/C21H16FN5O2/c1-3-19(28)26-18-7-13(8-20(27-18)29-2)14-6-15-16(11-25-21(15)24-10-14)12-4-5-17(22)23-9-12/h3-11H,1H2,2H3,(H,24,25)(H,26,27,28). The van der Waals surface area contributed by atoms with Crippen LogP contribution in [0, 0.1) is 5.95 Å². The van der Waals surface area contributed by atoms with Gasteiger partial charge in [-0.25, -0.2) is 9.97 Å². The average Bonchev–Trinajstić information content (AvgIpc) is 3.17. The van der Waals surface area contributed by atoms with Crippen molar-refractivity contribution in [1.82, 2.24) is 19.9 Å². The van der Waals surface area contributed by atoms with Crippen LogP contribution in [-0.4, -0.2) is 33.0 Å². The number of hydrogen-bond donors (Lipinski definition) is 2. The molecule has 0 aromatic carbocycles. The Morgan fingerprint density at radius 2 is 2.00 bits per heavy atom. The smallest absolute Gasteiger partial charge is 0.248 e. The Morgan fingerprint density at radius 3 is 2.72 bits per heavy atom. The van der Waals surface area contributed by atoms with Crippen molar-refractivity contribution in [3.05, 3.63) is 67.5 Å². The molecule has 144 valence electrons. The first-order valence-corrected chi connectivity index (χ1v) is 8.66. The molecule has 0 aliphatic rings. The number of aromatic nitrogens is 4. The number of carbonyl (C=O) groups is 1. The fourth-order valence-corrected chi connectivity index (χ4v) is 2.95. The molecule has 1 amide bonds. The molecule has 0 radical (unpaired) electrons. The highest BCUT2D eigenvalue weighted by Crippen LogP contribution is 2.32. The summed E-state index contributed by atoms with van der Waals surface area (Å²) < 4.78 is 18.4. The highest BCUT2D eigenvalue weighted by Gasteiger charge is 2.12. The summed E-state index contributed by atoms with van der Waals surface area (Å²) in [5.74, 6) is -0.229. The van der Waals surface area contributed by atoms with Crippen LogP contribution in [0.2, 0.25) is 0 Å². The Labute approximate surface area is 165 Å². The van der Waals surface area contributed by atoms with Gasteiger partial charge in [0.05, 0.1) is 7.11 Å². The number of amides is 1. The van der Waals surface area contributed by atoms with Crippen LogP contribution >= 0.6 is 0 Å². The van der Waals surface area contributed by atoms with Crippen LogP contribution in [0.4, 0.5) is 10.2 Å². The Kier molecular flexibility index (Phi) is 4.74. The minimum atomic E-state index is -0.537. The average molecular weight is 389 g/mol. The number of fused-ring (bicyclic) bond motifs is 1. The van der Waals surface area contributed by atoms with Crippen molar-refractivity contribution in [2.75, 3.05) is 12.4 Å². The quantitative estimate of drug-likeness (QED) is 0.398. The molecule has 4 rings (SSSR count). The van der Waals surface area contributed by atoms with Crippen LogP contribution in [0.15, 0.2) is 61.6 Å². The molecule has 4 heterocycles. The lowest BCUT2D eigenvalue weighted by atomic mass is 10.0. The number of pyridine rings is 3. The molecule has 0 aliphatic carbocycles. The van der Waals surface area contributed by atoms with Gasteiger partial charge in [0.1, 0.15) is 11.5 Å². The molecule has 0 bridgehead atoms. The van der Waals surface area contributed by atoms with E-state index in [1.807, 2.05) is 6.07 Å². The Balaban J connectivity index is 1.81. The van der Waals surface area contributed by atoms with Gasteiger partial charge in [0.15, 0.2) is 0 Å². The van der Waals surface area contributed by atoms with Gasteiger partial charge in [-0.2, -0.15) is 9.37 Å². The summed E-state index contributed by atoms with van der Waals surface area (Å²) >= 11 is 0. The van der Waals surface area contributed by atoms with E-state index in [0.717, 1.165) is 33.7 Å². The summed E-state index contributed by atoms with van der Waals surface area (Å²) in [4.78, 5) is 27.2. The summed E-state index contributed by atoms with van der Waals surface area (Å²) in [7, 11) is 1.50. The second-order valence-electron chi connectivity index (χ2n) is 6.17. The van der Waals surface area contributed by atoms with Crippen molar-refractivity contribution < 1.29 is 13.9 Å². The van der Waals surface area contributed by atoms with E-state index < -0.39 is 5.95 Å². The SMILES string of the molecule is C=CC(=O)Nc1cc(-c2cnc3[nH]cc(-c4ccc(F)nc4)c3c2)cc(OC)n1. The maximum Gasteiger partial charge on any atom is 0.248 e. The van der Waals surface area contributed by atoms with Crippen LogP contribution in [0.25, 0.3) is 33.3 Å². The number of hydrogen-bond acceptors (Lipinski definition) is 5. The zero-order valence-corrected chi connectivity index (χ0v) is 15.4. The van der Waals surface area contributed by atoms with E-state index >= 15 is 0 Å². The molecule has 4 aromatic heterocycles. The highest BCUT2D eigenvalue weighted by atomic mass is 19.1. The van der Waals surface area contributed by atoms with E-state index in [1.165, 1.54) is 19.4 Å². The molecule has 0 saturated heterocycles. The first-order chi connectivity index (χ1) is 14.1. The van der Waals surface area contributed by atoms with Gasteiger partial charge in [0.2, 0.25) is 17.7 Å². The summed E-state index contributed by atoms with van der Waals surface area (Å²) in [6.07, 6.45) is 6.15. The molecule has 2 N–H and O–H groups in total. The van der Waals surface area contributed by atoms with E-state index in [0.29, 0.717) is 17.3 Å². The lowest BCUT2D eigenvalue weighted by Crippen LogP contribution is -2.09. The van der Waals surface area contributed by atoms with Crippen LogP contribution in [-0.2, 0) is 4.79 Å². The zero-order chi connectivity index (χ0) is 20.4. The van der Waals surface area contributed by atoms with E-state index in [-0.39, 0.29) is 5.91 Å². The Hall–Kier alpha value is -4.07. The summed E-state index contributed by atoms with van der Waals surface area (Å²) in [5.41, 5.74) is 3.86. The number of H-pyrrole nitrogens is 1. The van der Waals surface area contributed by atoms with E-state index in [1.54, 1.807) is 30.6 Å². The first-order valence-electron chi connectivity index (χ1n) is 8.66. The fourth-order valence-electron chi connectivity index (χ4n) is 2.95. The number of anilines is 1. The third kappa shape index (κ3) is 3.68. The monoisotopic (exact) mass is 389 g/mol. The van der Waals surface area contributed by atoms with Crippen LogP contribution in [0.1, 0.15) is 0 Å². The van der Waals surface area contributed by atoms with Crippen molar-refractivity contribution in [3.8, 4) is 28.1 Å². The van der Waals surface area contributed by atoms with Gasteiger partial charge in [0.25, 0.3) is 0 Å². The Bertz CT molecular complexity index is 1220. The molecule has 0 saturated carbocycles. The molecular formula is C21H16FN5O2. The van der Waals surface area contributed by atoms with Crippen LogP contribution in [0.3, 0.4) is 0 Å². The minimum absolute atomic E-state index is 0.335. The largest absolute Gasteiger partial charge is 0.481 e. The molecule has 0 fully saturated rings. The number of methoxy groups -OCH3 is 1. The summed E-state index contributed by atoms with van der Waals surface area (Å²) in [5, 5.41) is 3.48. The summed E-state index contributed by atoms with van der Waals surface area (Å²) in [6.45, 7) is 3.44. The molecule has 0 unspecified atom stereocenters. The fraction of sp³-hybridized carbons (Fsp3) is 0.0476. The normalized spacial score (nSPS) is 10.7. The van der Waals surface area contributed by atoms with E-state index in [4.69, 9.17) is 4.74 Å². The van der Waals surface area contributed by atoms with Gasteiger partial charge in [-0.1, -0.05) is 6.58 Å². The second kappa shape index (κ2) is 7.51. The molecule has 8 heteroatoms. The van der Waals surface area contributed by atoms with E-state index in [9.17, 15) is 9.18 Å². The lowest BCUT2D eigenvalue weighted by Gasteiger charge is -2.09. The maximum atomic E-state index is 13.2. The molecule has 0 spiro atoms. The second-order valence-corrected chi connectivity index (χ2v) is 6.17. The first kappa shape index (κ1) is 18.3. The zero-order valence-electron chi connectivity index (χ0n) is 15.4. The van der Waals surface area contributed by atoms with E-state index in [2.05, 4.69) is 31.8 Å². The molecule has 0 aliphatic heterocycles. The number of rotatable bonds is 5. The third-order valence-corrected chi connectivity index (χ3v) is 4.35. The number of ether oxygens (including phenoxy) is 1. The highest BCUT2D eigenvalue weighted by molar-refractivity contribution is 5.99. The maximum absolute atomic E-state index is 13.2. The van der Waals surface area contributed by atoms with Gasteiger partial charge in [-0.05, 0) is 35.9 Å².